The summed E-state index contributed by atoms with van der Waals surface area (Å²) in [7, 11) is 0. The van der Waals surface area contributed by atoms with E-state index in [0.29, 0.717) is 0 Å². The molecule has 0 unspecified atom stereocenters. The van der Waals surface area contributed by atoms with Crippen LogP contribution in [0.15, 0.2) is 18.7 Å². The summed E-state index contributed by atoms with van der Waals surface area (Å²) in [4.78, 5) is 29.0. The van der Waals surface area contributed by atoms with Crippen LogP contribution in [0.4, 0.5) is 4.79 Å². The zero-order chi connectivity index (χ0) is 10.4. The van der Waals surface area contributed by atoms with Crippen molar-refractivity contribution in [2.24, 2.45) is 0 Å². The summed E-state index contributed by atoms with van der Waals surface area (Å²) >= 11 is 0. The second-order valence-corrected chi connectivity index (χ2v) is 2.20. The number of rotatable bonds is 2. The molecular weight excluding hydrogens is 188 g/mol. The molecule has 0 N–H and O–H groups in total. The fourth-order valence-electron chi connectivity index (χ4n) is 0.686. The number of esters is 1. The minimum atomic E-state index is -1.03. The van der Waals surface area contributed by atoms with Crippen molar-refractivity contribution in [3.05, 3.63) is 24.3 Å². The summed E-state index contributed by atoms with van der Waals surface area (Å²) < 4.78 is 8.71. The van der Waals surface area contributed by atoms with Crippen LogP contribution in [0, 0.1) is 0 Å². The Bertz CT molecular complexity index is 325. The van der Waals surface area contributed by atoms with E-state index in [0.717, 1.165) is 0 Å². The van der Waals surface area contributed by atoms with Crippen molar-refractivity contribution >= 4 is 12.1 Å². The Labute approximate surface area is 79.9 Å². The second-order valence-electron chi connectivity index (χ2n) is 2.20. The lowest BCUT2D eigenvalue weighted by atomic mass is 10.3. The quantitative estimate of drug-likeness (QED) is 0.514. The van der Waals surface area contributed by atoms with E-state index >= 15 is 0 Å². The van der Waals surface area contributed by atoms with Crippen LogP contribution in [0.2, 0.25) is 0 Å². The zero-order valence-corrected chi connectivity index (χ0v) is 7.47. The van der Waals surface area contributed by atoms with Crippen molar-refractivity contribution in [2.45, 2.75) is 6.92 Å². The van der Waals surface area contributed by atoms with Crippen LogP contribution in [0.3, 0.4) is 0 Å². The summed E-state index contributed by atoms with van der Waals surface area (Å²) in [6.45, 7) is 1.76. The van der Waals surface area contributed by atoms with E-state index in [1.54, 1.807) is 6.92 Å². The largest absolute Gasteiger partial charge is 0.516 e. The maximum atomic E-state index is 11.1. The molecule has 0 aliphatic rings. The second kappa shape index (κ2) is 4.90. The number of nitrogens with zero attached hydrogens (tertiary/aromatic N) is 2. The predicted molar refractivity (Wildman–Crippen MR) is 44.5 cm³/mol. The summed E-state index contributed by atoms with van der Waals surface area (Å²) in [6, 6.07) is 0. The Hall–Kier alpha value is -1.98. The molecule has 1 heterocycles. The van der Waals surface area contributed by atoms with Crippen LogP contribution >= 0.6 is 0 Å². The summed E-state index contributed by atoms with van der Waals surface area (Å²) in [5, 5.41) is 0. The maximum absolute atomic E-state index is 11.1. The minimum absolute atomic E-state index is 0.0977. The van der Waals surface area contributed by atoms with Gasteiger partial charge in [-0.1, -0.05) is 0 Å². The van der Waals surface area contributed by atoms with Crippen LogP contribution in [0.1, 0.15) is 17.3 Å². The van der Waals surface area contributed by atoms with E-state index in [1.807, 2.05) is 0 Å². The third kappa shape index (κ3) is 2.81. The molecule has 0 amide bonds. The van der Waals surface area contributed by atoms with Gasteiger partial charge in [0.05, 0.1) is 12.2 Å². The molecule has 1 aromatic heterocycles. The lowest BCUT2D eigenvalue weighted by Gasteiger charge is -2.01. The SMILES string of the molecule is CCOC(=O)OC(=O)c1cncnc1. The van der Waals surface area contributed by atoms with Crippen molar-refractivity contribution in [1.29, 1.82) is 0 Å². The molecule has 0 saturated heterocycles. The van der Waals surface area contributed by atoms with Crippen LogP contribution in [-0.4, -0.2) is 28.7 Å². The summed E-state index contributed by atoms with van der Waals surface area (Å²) in [6.07, 6.45) is 2.73. The normalized spacial score (nSPS) is 9.21. The predicted octanol–water partition coefficient (Wildman–Crippen LogP) is 0.790. The summed E-state index contributed by atoms with van der Waals surface area (Å²) in [5.74, 6) is -0.830. The van der Waals surface area contributed by atoms with Crippen molar-refractivity contribution in [3.8, 4) is 0 Å². The molecule has 0 aliphatic carbocycles. The monoisotopic (exact) mass is 196 g/mol. The number of carbonyl (C=O) groups is 2. The first-order chi connectivity index (χ1) is 6.74. The Morgan fingerprint density at radius 2 is 2.00 bits per heavy atom. The van der Waals surface area contributed by atoms with E-state index in [2.05, 4.69) is 19.4 Å². The average Bonchev–Trinajstić information content (AvgIpc) is 2.19. The topological polar surface area (TPSA) is 78.4 Å². The van der Waals surface area contributed by atoms with Gasteiger partial charge in [-0.15, -0.1) is 0 Å². The van der Waals surface area contributed by atoms with E-state index in [-0.39, 0.29) is 12.2 Å². The van der Waals surface area contributed by atoms with Gasteiger partial charge in [0.15, 0.2) is 0 Å². The third-order valence-electron chi connectivity index (χ3n) is 1.23. The van der Waals surface area contributed by atoms with Crippen LogP contribution in [-0.2, 0) is 9.47 Å². The molecule has 6 heteroatoms. The summed E-state index contributed by atoms with van der Waals surface area (Å²) in [5.41, 5.74) is 0.0977. The van der Waals surface area contributed by atoms with Crippen LogP contribution < -0.4 is 0 Å². The Balaban J connectivity index is 2.55. The molecule has 0 bridgehead atoms. The van der Waals surface area contributed by atoms with Crippen molar-refractivity contribution in [2.75, 3.05) is 6.61 Å². The lowest BCUT2D eigenvalue weighted by Crippen LogP contribution is -2.14. The van der Waals surface area contributed by atoms with Gasteiger partial charge >= 0.3 is 12.1 Å². The highest BCUT2D eigenvalue weighted by molar-refractivity contribution is 5.94. The molecule has 14 heavy (non-hydrogen) atoms. The first-order valence-electron chi connectivity index (χ1n) is 3.88. The van der Waals surface area contributed by atoms with Crippen molar-refractivity contribution < 1.29 is 19.1 Å². The Morgan fingerprint density at radius 1 is 1.36 bits per heavy atom. The molecule has 1 rings (SSSR count). The first-order valence-corrected chi connectivity index (χ1v) is 3.88. The number of carbonyl (C=O) groups excluding carboxylic acids is 2. The van der Waals surface area contributed by atoms with E-state index < -0.39 is 12.1 Å². The van der Waals surface area contributed by atoms with Gasteiger partial charge in [0.2, 0.25) is 0 Å². The minimum Gasteiger partial charge on any atom is -0.434 e. The number of hydrogen-bond donors (Lipinski definition) is 0. The van der Waals surface area contributed by atoms with E-state index in [9.17, 15) is 9.59 Å². The van der Waals surface area contributed by atoms with Crippen molar-refractivity contribution in [1.82, 2.24) is 9.97 Å². The van der Waals surface area contributed by atoms with Crippen LogP contribution in [0.5, 0.6) is 0 Å². The van der Waals surface area contributed by atoms with Gasteiger partial charge < -0.3 is 9.47 Å². The Kier molecular flexibility index (Phi) is 3.54. The first kappa shape index (κ1) is 10.1. The zero-order valence-electron chi connectivity index (χ0n) is 7.47. The molecule has 74 valence electrons. The molecule has 1 aromatic rings. The smallest absolute Gasteiger partial charge is 0.434 e. The van der Waals surface area contributed by atoms with E-state index in [4.69, 9.17) is 0 Å². The number of ether oxygens (including phenoxy) is 2. The van der Waals surface area contributed by atoms with Gasteiger partial charge in [-0.2, -0.15) is 0 Å². The molecule has 0 spiro atoms. The Morgan fingerprint density at radius 3 is 2.57 bits per heavy atom. The highest BCUT2D eigenvalue weighted by atomic mass is 16.7. The highest BCUT2D eigenvalue weighted by Crippen LogP contribution is 1.98. The fourth-order valence-corrected chi connectivity index (χ4v) is 0.686. The molecule has 0 aliphatic heterocycles. The molecular formula is C8H8N2O4. The third-order valence-corrected chi connectivity index (χ3v) is 1.23. The van der Waals surface area contributed by atoms with Crippen molar-refractivity contribution in [3.63, 3.8) is 0 Å². The van der Waals surface area contributed by atoms with Gasteiger partial charge in [-0.05, 0) is 6.92 Å². The van der Waals surface area contributed by atoms with Gasteiger partial charge in [-0.3, -0.25) is 0 Å². The maximum Gasteiger partial charge on any atom is 0.516 e. The van der Waals surface area contributed by atoms with E-state index in [1.165, 1.54) is 18.7 Å². The molecule has 6 nitrogen and oxygen atoms in total. The van der Waals surface area contributed by atoms with Gasteiger partial charge in [0, 0.05) is 12.4 Å². The fraction of sp³-hybridized carbons (Fsp3) is 0.250. The molecule has 0 aromatic carbocycles. The molecule has 0 atom stereocenters. The molecule has 0 radical (unpaired) electrons. The standard InChI is InChI=1S/C8H8N2O4/c1-2-13-8(12)14-7(11)6-3-9-5-10-4-6/h3-5H,2H2,1H3. The lowest BCUT2D eigenvalue weighted by molar-refractivity contribution is 0.0401. The van der Waals surface area contributed by atoms with Gasteiger partial charge in [0.25, 0.3) is 0 Å². The molecule has 0 saturated carbocycles. The van der Waals surface area contributed by atoms with Gasteiger partial charge in [0.1, 0.15) is 6.33 Å². The highest BCUT2D eigenvalue weighted by Gasteiger charge is 2.13. The van der Waals surface area contributed by atoms with Crippen LogP contribution in [0.25, 0.3) is 0 Å². The van der Waals surface area contributed by atoms with Gasteiger partial charge in [-0.25, -0.2) is 19.6 Å². The average molecular weight is 196 g/mol. The molecule has 0 fully saturated rings. The number of hydrogen-bond acceptors (Lipinski definition) is 6. The number of aromatic nitrogens is 2.